The molecule has 6 heteroatoms. The van der Waals surface area contributed by atoms with E-state index in [-0.39, 0.29) is 18.0 Å². The van der Waals surface area contributed by atoms with Crippen LogP contribution in [0.1, 0.15) is 31.1 Å². The Kier molecular flexibility index (Phi) is 6.17. The van der Waals surface area contributed by atoms with E-state index in [4.69, 9.17) is 11.6 Å². The summed E-state index contributed by atoms with van der Waals surface area (Å²) < 4.78 is 0. The molecule has 0 aliphatic heterocycles. The quantitative estimate of drug-likeness (QED) is 0.751. The van der Waals surface area contributed by atoms with Crippen molar-refractivity contribution in [1.82, 2.24) is 15.6 Å². The number of urea groups is 1. The van der Waals surface area contributed by atoms with Crippen LogP contribution < -0.4 is 10.6 Å². The monoisotopic (exact) mass is 347 g/mol. The molecule has 0 saturated carbocycles. The van der Waals surface area contributed by atoms with E-state index in [1.165, 1.54) is 0 Å². The molecule has 24 heavy (non-hydrogen) atoms. The maximum absolute atomic E-state index is 11.9. The number of hydrogen-bond donors (Lipinski definition) is 3. The van der Waals surface area contributed by atoms with Crippen molar-refractivity contribution < 1.29 is 9.90 Å². The van der Waals surface area contributed by atoms with Crippen molar-refractivity contribution in [3.05, 3.63) is 64.9 Å². The van der Waals surface area contributed by atoms with E-state index in [1.54, 1.807) is 36.7 Å². The fraction of sp³-hybridized carbons (Fsp3) is 0.333. The van der Waals surface area contributed by atoms with Crippen molar-refractivity contribution in [2.75, 3.05) is 13.1 Å². The minimum atomic E-state index is -0.777. The Morgan fingerprint density at radius 2 is 1.79 bits per heavy atom. The zero-order valence-corrected chi connectivity index (χ0v) is 14.5. The van der Waals surface area contributed by atoms with Gasteiger partial charge < -0.3 is 15.7 Å². The molecule has 2 rings (SSSR count). The Morgan fingerprint density at radius 3 is 2.42 bits per heavy atom. The molecule has 3 N–H and O–H groups in total. The summed E-state index contributed by atoms with van der Waals surface area (Å²) in [6.07, 6.45) is 2.69. The molecule has 1 atom stereocenters. The van der Waals surface area contributed by atoms with E-state index >= 15 is 0 Å². The molecule has 0 spiro atoms. The van der Waals surface area contributed by atoms with Crippen LogP contribution in [0.15, 0.2) is 48.8 Å². The molecular weight excluding hydrogens is 326 g/mol. The number of halogens is 1. The molecule has 1 aromatic carbocycles. The van der Waals surface area contributed by atoms with Crippen molar-refractivity contribution in [1.29, 1.82) is 0 Å². The average Bonchev–Trinajstić information content (AvgIpc) is 2.59. The number of pyridine rings is 1. The van der Waals surface area contributed by atoms with Gasteiger partial charge in [0.1, 0.15) is 0 Å². The number of nitrogens with one attached hydrogen (secondary N) is 2. The van der Waals surface area contributed by atoms with Crippen molar-refractivity contribution in [2.24, 2.45) is 0 Å². The number of amides is 2. The highest BCUT2D eigenvalue weighted by atomic mass is 35.5. The number of carbonyl (C=O) groups excluding carboxylic acids is 1. The number of aliphatic hydroxyl groups excluding tert-OH is 1. The number of rotatable bonds is 6. The number of aromatic nitrogens is 1. The van der Waals surface area contributed by atoms with Crippen molar-refractivity contribution in [2.45, 2.75) is 25.4 Å². The summed E-state index contributed by atoms with van der Waals surface area (Å²) in [6.45, 7) is 4.69. The molecule has 0 aliphatic rings. The molecule has 0 aliphatic carbocycles. The summed E-state index contributed by atoms with van der Waals surface area (Å²) in [5.74, 6) is 0. The normalized spacial score (nSPS) is 12.5. The fourth-order valence-corrected chi connectivity index (χ4v) is 2.39. The van der Waals surface area contributed by atoms with Gasteiger partial charge in [0.05, 0.1) is 6.10 Å². The van der Waals surface area contributed by atoms with Crippen LogP contribution in [0.4, 0.5) is 4.79 Å². The predicted molar refractivity (Wildman–Crippen MR) is 95.1 cm³/mol. The van der Waals surface area contributed by atoms with Gasteiger partial charge >= 0.3 is 6.03 Å². The molecule has 5 nitrogen and oxygen atoms in total. The molecule has 128 valence electrons. The first-order chi connectivity index (χ1) is 11.4. The lowest BCUT2D eigenvalue weighted by Gasteiger charge is -2.25. The highest BCUT2D eigenvalue weighted by Gasteiger charge is 2.21. The zero-order chi connectivity index (χ0) is 17.6. The zero-order valence-electron chi connectivity index (χ0n) is 13.8. The van der Waals surface area contributed by atoms with Gasteiger partial charge in [0, 0.05) is 35.9 Å². The SMILES string of the molecule is CC(C)(CNC(=O)NCC(O)c1ccc(Cl)cc1)c1ccncc1. The maximum atomic E-state index is 11.9. The first kappa shape index (κ1) is 18.2. The summed E-state index contributed by atoms with van der Waals surface area (Å²) in [6, 6.07) is 10.4. The largest absolute Gasteiger partial charge is 0.387 e. The van der Waals surface area contributed by atoms with Crippen LogP contribution in [0, 0.1) is 0 Å². The van der Waals surface area contributed by atoms with Crippen molar-refractivity contribution in [3.8, 4) is 0 Å². The van der Waals surface area contributed by atoms with Gasteiger partial charge in [0.2, 0.25) is 0 Å². The fourth-order valence-electron chi connectivity index (χ4n) is 2.26. The van der Waals surface area contributed by atoms with Crippen molar-refractivity contribution in [3.63, 3.8) is 0 Å². The Labute approximate surface area is 147 Å². The summed E-state index contributed by atoms with van der Waals surface area (Å²) in [5.41, 5.74) is 1.59. The predicted octanol–water partition coefficient (Wildman–Crippen LogP) is 3.05. The van der Waals surface area contributed by atoms with E-state index in [9.17, 15) is 9.90 Å². The smallest absolute Gasteiger partial charge is 0.314 e. The van der Waals surface area contributed by atoms with Crippen molar-refractivity contribution >= 4 is 17.6 Å². The van der Waals surface area contributed by atoms with E-state index in [2.05, 4.69) is 15.6 Å². The molecule has 0 bridgehead atoms. The Hall–Kier alpha value is -2.11. The highest BCUT2D eigenvalue weighted by molar-refractivity contribution is 6.30. The van der Waals surface area contributed by atoms with E-state index < -0.39 is 6.10 Å². The van der Waals surface area contributed by atoms with Gasteiger partial charge in [-0.2, -0.15) is 0 Å². The first-order valence-corrected chi connectivity index (χ1v) is 8.12. The van der Waals surface area contributed by atoms with Crippen LogP contribution in [0.2, 0.25) is 5.02 Å². The molecule has 0 saturated heterocycles. The highest BCUT2D eigenvalue weighted by Crippen LogP contribution is 2.21. The topological polar surface area (TPSA) is 74.2 Å². The van der Waals surface area contributed by atoms with Gasteiger partial charge in [-0.05, 0) is 35.4 Å². The summed E-state index contributed by atoms with van der Waals surface area (Å²) >= 11 is 5.81. The third kappa shape index (κ3) is 5.22. The molecule has 2 amide bonds. The first-order valence-electron chi connectivity index (χ1n) is 7.74. The summed E-state index contributed by atoms with van der Waals surface area (Å²) in [5, 5.41) is 16.2. The van der Waals surface area contributed by atoms with E-state index in [1.807, 2.05) is 26.0 Å². The van der Waals surface area contributed by atoms with Crippen LogP contribution in [0.3, 0.4) is 0 Å². The van der Waals surface area contributed by atoms with Crippen LogP contribution in [0.5, 0.6) is 0 Å². The third-order valence-electron chi connectivity index (χ3n) is 3.86. The number of carbonyl (C=O) groups is 1. The Balaban J connectivity index is 1.80. The molecule has 2 aromatic rings. The van der Waals surface area contributed by atoms with Crippen LogP contribution in [-0.2, 0) is 5.41 Å². The molecule has 0 radical (unpaired) electrons. The van der Waals surface area contributed by atoms with Gasteiger partial charge in [-0.1, -0.05) is 37.6 Å². The second-order valence-electron chi connectivity index (χ2n) is 6.25. The number of nitrogens with zero attached hydrogens (tertiary/aromatic N) is 1. The van der Waals surface area contributed by atoms with Gasteiger partial charge in [0.15, 0.2) is 0 Å². The summed E-state index contributed by atoms with van der Waals surface area (Å²) in [4.78, 5) is 15.9. The second-order valence-corrected chi connectivity index (χ2v) is 6.69. The Morgan fingerprint density at radius 1 is 1.17 bits per heavy atom. The third-order valence-corrected chi connectivity index (χ3v) is 4.12. The molecule has 0 fully saturated rings. The number of hydrogen-bond acceptors (Lipinski definition) is 3. The average molecular weight is 348 g/mol. The van der Waals surface area contributed by atoms with Gasteiger partial charge in [-0.25, -0.2) is 4.79 Å². The number of aliphatic hydroxyl groups is 1. The lowest BCUT2D eigenvalue weighted by atomic mass is 9.85. The lowest BCUT2D eigenvalue weighted by Crippen LogP contribution is -2.43. The molecule has 1 heterocycles. The van der Waals surface area contributed by atoms with Crippen LogP contribution in [-0.4, -0.2) is 29.2 Å². The van der Waals surface area contributed by atoms with E-state index in [0.717, 1.165) is 5.56 Å². The minimum Gasteiger partial charge on any atom is -0.387 e. The van der Waals surface area contributed by atoms with Crippen LogP contribution >= 0.6 is 11.6 Å². The molecule has 1 aromatic heterocycles. The second kappa shape index (κ2) is 8.13. The van der Waals surface area contributed by atoms with Gasteiger partial charge in [0.25, 0.3) is 0 Å². The Bertz CT molecular complexity index is 660. The standard InChI is InChI=1S/C18H22ClN3O2/c1-18(2,14-7-9-20-10-8-14)12-22-17(24)21-11-16(23)13-3-5-15(19)6-4-13/h3-10,16,23H,11-12H2,1-2H3,(H2,21,22,24). The molecule has 1 unspecified atom stereocenters. The lowest BCUT2D eigenvalue weighted by molar-refractivity contribution is 0.173. The maximum Gasteiger partial charge on any atom is 0.314 e. The van der Waals surface area contributed by atoms with Crippen LogP contribution in [0.25, 0.3) is 0 Å². The summed E-state index contributed by atoms with van der Waals surface area (Å²) in [7, 11) is 0. The van der Waals surface area contributed by atoms with E-state index in [0.29, 0.717) is 17.1 Å². The molecular formula is C18H22ClN3O2. The number of benzene rings is 1. The minimum absolute atomic E-state index is 0.128. The van der Waals surface area contributed by atoms with Gasteiger partial charge in [-0.3, -0.25) is 4.98 Å². The van der Waals surface area contributed by atoms with Gasteiger partial charge in [-0.15, -0.1) is 0 Å².